The average molecular weight is 349 g/mol. The Hall–Kier alpha value is -1.33. The summed E-state index contributed by atoms with van der Waals surface area (Å²) < 4.78 is 0.956. The fraction of sp³-hybridized carbons (Fsp3) is 0.438. The Bertz CT molecular complexity index is 683. The number of fused-ring (bicyclic) bond motifs is 1. The molecule has 2 N–H and O–H groups in total. The van der Waals surface area contributed by atoms with Crippen molar-refractivity contribution in [2.75, 3.05) is 37.3 Å². The summed E-state index contributed by atoms with van der Waals surface area (Å²) in [6, 6.07) is 6.12. The predicted octanol–water partition coefficient (Wildman–Crippen LogP) is 3.11. The summed E-state index contributed by atoms with van der Waals surface area (Å²) in [6.45, 7) is 7.61. The summed E-state index contributed by atoms with van der Waals surface area (Å²) in [5.41, 5.74) is 9.20. The van der Waals surface area contributed by atoms with Crippen LogP contribution in [0.4, 0.5) is 11.4 Å². The lowest BCUT2D eigenvalue weighted by Crippen LogP contribution is -2.57. The minimum Gasteiger partial charge on any atom is -0.398 e. The average Bonchev–Trinajstić information content (AvgIpc) is 2.43. The third-order valence-corrected chi connectivity index (χ3v) is 4.92. The lowest BCUT2D eigenvalue weighted by molar-refractivity contribution is 0.139. The monoisotopic (exact) mass is 348 g/mol. The molecule has 2 aromatic rings. The Balaban J connectivity index is 2.07. The first-order chi connectivity index (χ1) is 9.88. The number of rotatable bonds is 1. The fourth-order valence-electron chi connectivity index (χ4n) is 2.90. The second-order valence-electron chi connectivity index (χ2n) is 6.38. The van der Waals surface area contributed by atoms with Gasteiger partial charge in [-0.25, -0.2) is 0 Å². The van der Waals surface area contributed by atoms with Gasteiger partial charge in [0.25, 0.3) is 0 Å². The maximum Gasteiger partial charge on any atom is 0.0956 e. The van der Waals surface area contributed by atoms with Crippen molar-refractivity contribution in [3.63, 3.8) is 0 Å². The largest absolute Gasteiger partial charge is 0.398 e. The molecule has 0 radical (unpaired) electrons. The molecule has 5 heteroatoms. The summed E-state index contributed by atoms with van der Waals surface area (Å²) in [5, 5.41) is 1.01. The molecule has 1 fully saturated rings. The molecule has 0 bridgehead atoms. The highest BCUT2D eigenvalue weighted by Gasteiger charge is 2.31. The number of hydrogen-bond donors (Lipinski definition) is 1. The van der Waals surface area contributed by atoms with E-state index in [4.69, 9.17) is 5.73 Å². The minimum absolute atomic E-state index is 0.154. The number of pyridine rings is 1. The lowest BCUT2D eigenvalue weighted by Gasteiger charge is -2.46. The van der Waals surface area contributed by atoms with Gasteiger partial charge in [-0.2, -0.15) is 0 Å². The Labute approximate surface area is 134 Å². The summed E-state index contributed by atoms with van der Waals surface area (Å²) in [4.78, 5) is 9.43. The molecule has 0 aliphatic carbocycles. The zero-order valence-corrected chi connectivity index (χ0v) is 14.3. The maximum atomic E-state index is 6.11. The van der Waals surface area contributed by atoms with Crippen molar-refractivity contribution in [3.8, 4) is 0 Å². The van der Waals surface area contributed by atoms with E-state index >= 15 is 0 Å². The normalized spacial score (nSPS) is 19.1. The molecule has 2 heterocycles. The van der Waals surface area contributed by atoms with E-state index in [9.17, 15) is 0 Å². The van der Waals surface area contributed by atoms with Crippen LogP contribution < -0.4 is 10.6 Å². The molecule has 1 aromatic carbocycles. The molecule has 1 aromatic heterocycles. The zero-order valence-electron chi connectivity index (χ0n) is 12.7. The number of benzene rings is 1. The smallest absolute Gasteiger partial charge is 0.0956 e. The van der Waals surface area contributed by atoms with Crippen molar-refractivity contribution < 1.29 is 0 Å². The Morgan fingerprint density at radius 3 is 2.76 bits per heavy atom. The molecule has 0 atom stereocenters. The van der Waals surface area contributed by atoms with Gasteiger partial charge >= 0.3 is 0 Å². The van der Waals surface area contributed by atoms with Crippen LogP contribution in [0.1, 0.15) is 13.8 Å². The summed E-state index contributed by atoms with van der Waals surface area (Å²) >= 11 is 3.47. The van der Waals surface area contributed by atoms with E-state index in [0.717, 1.165) is 40.7 Å². The molecule has 0 saturated carbocycles. The molecule has 0 amide bonds. The molecule has 1 aliphatic rings. The van der Waals surface area contributed by atoms with Gasteiger partial charge in [0.2, 0.25) is 0 Å². The minimum atomic E-state index is 0.154. The van der Waals surface area contributed by atoms with E-state index in [-0.39, 0.29) is 5.54 Å². The van der Waals surface area contributed by atoms with Gasteiger partial charge in [0.1, 0.15) is 0 Å². The molecule has 3 rings (SSSR count). The van der Waals surface area contributed by atoms with Crippen LogP contribution in [0.15, 0.2) is 28.9 Å². The number of halogens is 1. The number of hydrogen-bond acceptors (Lipinski definition) is 4. The van der Waals surface area contributed by atoms with Crippen LogP contribution in [-0.2, 0) is 0 Å². The number of nitrogens with zero attached hydrogens (tertiary/aromatic N) is 3. The molecule has 21 heavy (non-hydrogen) atoms. The maximum absolute atomic E-state index is 6.11. The first kappa shape index (κ1) is 14.6. The molecule has 0 unspecified atom stereocenters. The SMILES string of the molecule is CN1CCN(c2ccc(N)c3cc(Br)cnc23)CC1(C)C. The number of aromatic nitrogens is 1. The van der Waals surface area contributed by atoms with Gasteiger partial charge in [0.05, 0.1) is 11.2 Å². The third-order valence-electron chi connectivity index (χ3n) is 4.49. The molecule has 1 saturated heterocycles. The van der Waals surface area contributed by atoms with Crippen molar-refractivity contribution in [2.45, 2.75) is 19.4 Å². The van der Waals surface area contributed by atoms with Gasteiger partial charge in [-0.3, -0.25) is 9.88 Å². The highest BCUT2D eigenvalue weighted by Crippen LogP contribution is 2.33. The molecular formula is C16H21BrN4. The van der Waals surface area contributed by atoms with E-state index in [2.05, 4.69) is 57.7 Å². The molecule has 4 nitrogen and oxygen atoms in total. The first-order valence-electron chi connectivity index (χ1n) is 7.18. The van der Waals surface area contributed by atoms with Crippen molar-refractivity contribution in [3.05, 3.63) is 28.9 Å². The molecule has 0 spiro atoms. The second kappa shape index (κ2) is 5.14. The van der Waals surface area contributed by atoms with Gasteiger partial charge in [0, 0.05) is 46.9 Å². The van der Waals surface area contributed by atoms with E-state index in [1.807, 2.05) is 18.3 Å². The van der Waals surface area contributed by atoms with Crippen LogP contribution in [0, 0.1) is 0 Å². The van der Waals surface area contributed by atoms with Crippen LogP contribution in [0.3, 0.4) is 0 Å². The zero-order chi connectivity index (χ0) is 15.2. The number of nitrogens with two attached hydrogens (primary N) is 1. The third kappa shape index (κ3) is 2.60. The van der Waals surface area contributed by atoms with Crippen LogP contribution in [-0.4, -0.2) is 42.1 Å². The number of likely N-dealkylation sites (N-methyl/N-ethyl adjacent to an activating group) is 1. The number of piperazine rings is 1. The molecular weight excluding hydrogens is 328 g/mol. The standard InChI is InChI=1S/C16H21BrN4/c1-16(2)10-21(7-6-20(16)3)14-5-4-13(18)12-8-11(17)9-19-15(12)14/h4-5,8-9H,6-7,10,18H2,1-3H3. The van der Waals surface area contributed by atoms with Crippen molar-refractivity contribution in [2.24, 2.45) is 0 Å². The van der Waals surface area contributed by atoms with Crippen molar-refractivity contribution in [1.29, 1.82) is 0 Å². The first-order valence-corrected chi connectivity index (χ1v) is 7.98. The van der Waals surface area contributed by atoms with Gasteiger partial charge in [-0.15, -0.1) is 0 Å². The fourth-order valence-corrected chi connectivity index (χ4v) is 3.23. The van der Waals surface area contributed by atoms with Crippen LogP contribution in [0.5, 0.6) is 0 Å². The predicted molar refractivity (Wildman–Crippen MR) is 92.8 cm³/mol. The molecule has 112 valence electrons. The Morgan fingerprint density at radius 2 is 2.05 bits per heavy atom. The lowest BCUT2D eigenvalue weighted by atomic mass is 9.98. The van der Waals surface area contributed by atoms with Crippen LogP contribution in [0.25, 0.3) is 10.9 Å². The highest BCUT2D eigenvalue weighted by molar-refractivity contribution is 9.10. The van der Waals surface area contributed by atoms with Gasteiger partial charge in [-0.05, 0) is 55.0 Å². The summed E-state index contributed by atoms with van der Waals surface area (Å²) in [6.07, 6.45) is 1.84. The molecule has 1 aliphatic heterocycles. The van der Waals surface area contributed by atoms with E-state index in [0.29, 0.717) is 0 Å². The van der Waals surface area contributed by atoms with Gasteiger partial charge in [-0.1, -0.05) is 0 Å². The van der Waals surface area contributed by atoms with E-state index < -0.39 is 0 Å². The van der Waals surface area contributed by atoms with Crippen LogP contribution >= 0.6 is 15.9 Å². The quantitative estimate of drug-likeness (QED) is 0.804. The van der Waals surface area contributed by atoms with Gasteiger partial charge < -0.3 is 10.6 Å². The van der Waals surface area contributed by atoms with Gasteiger partial charge in [0.15, 0.2) is 0 Å². The van der Waals surface area contributed by atoms with Crippen molar-refractivity contribution >= 4 is 38.2 Å². The highest BCUT2D eigenvalue weighted by atomic mass is 79.9. The number of nitrogen functional groups attached to an aromatic ring is 1. The summed E-state index contributed by atoms with van der Waals surface area (Å²) in [5.74, 6) is 0. The van der Waals surface area contributed by atoms with Crippen LogP contribution in [0.2, 0.25) is 0 Å². The number of anilines is 2. The summed E-state index contributed by atoms with van der Waals surface area (Å²) in [7, 11) is 2.19. The Kier molecular flexibility index (Phi) is 3.58. The van der Waals surface area contributed by atoms with E-state index in [1.54, 1.807) is 0 Å². The van der Waals surface area contributed by atoms with Crippen molar-refractivity contribution in [1.82, 2.24) is 9.88 Å². The van der Waals surface area contributed by atoms with E-state index in [1.165, 1.54) is 5.69 Å². The topological polar surface area (TPSA) is 45.4 Å². The Morgan fingerprint density at radius 1 is 1.29 bits per heavy atom. The second-order valence-corrected chi connectivity index (χ2v) is 7.29.